The second kappa shape index (κ2) is 6.12. The molecule has 2 saturated heterocycles. The fourth-order valence-corrected chi connectivity index (χ4v) is 3.32. The van der Waals surface area contributed by atoms with Gasteiger partial charge in [0.25, 0.3) is 0 Å². The van der Waals surface area contributed by atoms with Crippen LogP contribution in [0.4, 0.5) is 0 Å². The summed E-state index contributed by atoms with van der Waals surface area (Å²) in [6.45, 7) is 5.31. The van der Waals surface area contributed by atoms with Crippen molar-refractivity contribution in [2.24, 2.45) is 11.3 Å². The van der Waals surface area contributed by atoms with E-state index in [4.69, 9.17) is 0 Å². The maximum Gasteiger partial charge on any atom is 0.229 e. The first kappa shape index (κ1) is 15.3. The first-order chi connectivity index (χ1) is 9.44. The molecule has 0 radical (unpaired) electrons. The monoisotopic (exact) mass is 281 g/mol. The minimum absolute atomic E-state index is 0.0892. The van der Waals surface area contributed by atoms with Crippen molar-refractivity contribution < 1.29 is 9.59 Å². The zero-order chi connectivity index (χ0) is 14.8. The van der Waals surface area contributed by atoms with E-state index in [1.165, 1.54) is 0 Å². The Bertz CT molecular complexity index is 367. The zero-order valence-corrected chi connectivity index (χ0v) is 12.9. The molecule has 0 spiro atoms. The molecule has 5 nitrogen and oxygen atoms in total. The van der Waals surface area contributed by atoms with E-state index in [1.807, 2.05) is 4.90 Å². The molecule has 1 N–H and O–H groups in total. The van der Waals surface area contributed by atoms with E-state index in [9.17, 15) is 9.59 Å². The van der Waals surface area contributed by atoms with Crippen molar-refractivity contribution in [3.05, 3.63) is 0 Å². The summed E-state index contributed by atoms with van der Waals surface area (Å²) in [5, 5.41) is 3.33. The molecule has 2 aliphatic rings. The molecule has 0 saturated carbocycles. The van der Waals surface area contributed by atoms with Gasteiger partial charge in [0.1, 0.15) is 0 Å². The quantitative estimate of drug-likeness (QED) is 0.811. The lowest BCUT2D eigenvalue weighted by molar-refractivity contribution is -0.146. The highest BCUT2D eigenvalue weighted by atomic mass is 16.2. The summed E-state index contributed by atoms with van der Waals surface area (Å²) < 4.78 is 0. The highest BCUT2D eigenvalue weighted by Crippen LogP contribution is 2.30. The first-order valence-corrected chi connectivity index (χ1v) is 7.65. The predicted molar refractivity (Wildman–Crippen MR) is 78.2 cm³/mol. The summed E-state index contributed by atoms with van der Waals surface area (Å²) in [7, 11) is 3.60. The molecule has 2 fully saturated rings. The molecule has 2 heterocycles. The van der Waals surface area contributed by atoms with Gasteiger partial charge in [-0.1, -0.05) is 0 Å². The number of piperidine rings is 2. The lowest BCUT2D eigenvalue weighted by Crippen LogP contribution is -2.52. The standard InChI is InChI=1S/C15H27N3O2/c1-15(7-4-8-16-11-15)14(20)18-9-5-12(6-10-18)13(19)17(2)3/h12,16H,4-11H2,1-3H3. The first-order valence-electron chi connectivity index (χ1n) is 7.65. The van der Waals surface area contributed by atoms with E-state index in [2.05, 4.69) is 12.2 Å². The highest BCUT2D eigenvalue weighted by molar-refractivity contribution is 5.83. The van der Waals surface area contributed by atoms with Gasteiger partial charge < -0.3 is 15.1 Å². The fourth-order valence-electron chi connectivity index (χ4n) is 3.32. The molecule has 0 aromatic rings. The number of amides is 2. The minimum atomic E-state index is -0.253. The summed E-state index contributed by atoms with van der Waals surface area (Å²) in [4.78, 5) is 28.3. The van der Waals surface area contributed by atoms with Crippen LogP contribution < -0.4 is 5.32 Å². The topological polar surface area (TPSA) is 52.7 Å². The van der Waals surface area contributed by atoms with E-state index in [1.54, 1.807) is 19.0 Å². The molecule has 0 aromatic carbocycles. The van der Waals surface area contributed by atoms with Gasteiger partial charge in [0, 0.05) is 39.6 Å². The molecule has 2 rings (SSSR count). The lowest BCUT2D eigenvalue weighted by Gasteiger charge is -2.40. The summed E-state index contributed by atoms with van der Waals surface area (Å²) >= 11 is 0. The van der Waals surface area contributed by atoms with Crippen molar-refractivity contribution in [1.29, 1.82) is 0 Å². The number of likely N-dealkylation sites (tertiary alicyclic amines) is 1. The van der Waals surface area contributed by atoms with Crippen LogP contribution in [0.15, 0.2) is 0 Å². The third kappa shape index (κ3) is 3.14. The second-order valence-corrected chi connectivity index (χ2v) is 6.64. The van der Waals surface area contributed by atoms with Crippen molar-refractivity contribution in [2.45, 2.75) is 32.6 Å². The molecule has 0 bridgehead atoms. The zero-order valence-electron chi connectivity index (χ0n) is 12.9. The highest BCUT2D eigenvalue weighted by Gasteiger charge is 2.39. The van der Waals surface area contributed by atoms with Gasteiger partial charge in [0.15, 0.2) is 0 Å². The van der Waals surface area contributed by atoms with Crippen molar-refractivity contribution in [3.8, 4) is 0 Å². The Balaban J connectivity index is 1.90. The van der Waals surface area contributed by atoms with Crippen LogP contribution in [-0.4, -0.2) is 61.9 Å². The number of nitrogens with zero attached hydrogens (tertiary/aromatic N) is 2. The lowest BCUT2D eigenvalue weighted by atomic mass is 9.80. The molecule has 5 heteroatoms. The molecule has 1 unspecified atom stereocenters. The SMILES string of the molecule is CN(C)C(=O)C1CCN(C(=O)C2(C)CCCNC2)CC1. The predicted octanol–water partition coefficient (Wildman–Crippen LogP) is 0.703. The van der Waals surface area contributed by atoms with Gasteiger partial charge >= 0.3 is 0 Å². The minimum Gasteiger partial charge on any atom is -0.349 e. The molecule has 1 atom stereocenters. The van der Waals surface area contributed by atoms with E-state index in [0.29, 0.717) is 0 Å². The Morgan fingerprint density at radius 3 is 2.40 bits per heavy atom. The van der Waals surface area contributed by atoms with Crippen LogP contribution in [0.3, 0.4) is 0 Å². The van der Waals surface area contributed by atoms with E-state index in [-0.39, 0.29) is 23.1 Å². The normalized spacial score (nSPS) is 28.2. The Morgan fingerprint density at radius 2 is 1.90 bits per heavy atom. The summed E-state index contributed by atoms with van der Waals surface area (Å²) in [5.74, 6) is 0.550. The summed E-state index contributed by atoms with van der Waals surface area (Å²) in [6.07, 6.45) is 3.63. The summed E-state index contributed by atoms with van der Waals surface area (Å²) in [6, 6.07) is 0. The van der Waals surface area contributed by atoms with Crippen LogP contribution in [0.5, 0.6) is 0 Å². The second-order valence-electron chi connectivity index (χ2n) is 6.64. The summed E-state index contributed by atoms with van der Waals surface area (Å²) in [5.41, 5.74) is -0.253. The van der Waals surface area contributed by atoms with Crippen molar-refractivity contribution >= 4 is 11.8 Å². The number of nitrogens with one attached hydrogen (secondary N) is 1. The average Bonchev–Trinajstić information content (AvgIpc) is 2.46. The van der Waals surface area contributed by atoms with E-state index < -0.39 is 0 Å². The number of hydrogen-bond donors (Lipinski definition) is 1. The molecular formula is C15H27N3O2. The smallest absolute Gasteiger partial charge is 0.229 e. The van der Waals surface area contributed by atoms with Crippen LogP contribution in [0.2, 0.25) is 0 Å². The largest absolute Gasteiger partial charge is 0.349 e. The third-order valence-corrected chi connectivity index (χ3v) is 4.69. The molecule has 0 aromatic heterocycles. The van der Waals surface area contributed by atoms with Gasteiger partial charge in [-0.25, -0.2) is 0 Å². The van der Waals surface area contributed by atoms with Gasteiger partial charge in [-0.05, 0) is 39.2 Å². The average molecular weight is 281 g/mol. The van der Waals surface area contributed by atoms with Crippen molar-refractivity contribution in [2.75, 3.05) is 40.3 Å². The van der Waals surface area contributed by atoms with Crippen LogP contribution in [0, 0.1) is 11.3 Å². The third-order valence-electron chi connectivity index (χ3n) is 4.69. The fraction of sp³-hybridized carbons (Fsp3) is 0.867. The number of rotatable bonds is 2. The Labute approximate surface area is 121 Å². The number of carbonyl (C=O) groups excluding carboxylic acids is 2. The van der Waals surface area contributed by atoms with E-state index in [0.717, 1.165) is 51.9 Å². The van der Waals surface area contributed by atoms with Crippen LogP contribution in [0.1, 0.15) is 32.6 Å². The number of carbonyl (C=O) groups is 2. The van der Waals surface area contributed by atoms with Crippen LogP contribution in [0.25, 0.3) is 0 Å². The maximum absolute atomic E-state index is 12.7. The van der Waals surface area contributed by atoms with Gasteiger partial charge in [-0.2, -0.15) is 0 Å². The van der Waals surface area contributed by atoms with E-state index >= 15 is 0 Å². The maximum atomic E-state index is 12.7. The molecule has 20 heavy (non-hydrogen) atoms. The van der Waals surface area contributed by atoms with Gasteiger partial charge in [-0.15, -0.1) is 0 Å². The Kier molecular flexibility index (Phi) is 4.68. The Morgan fingerprint density at radius 1 is 1.25 bits per heavy atom. The van der Waals surface area contributed by atoms with Gasteiger partial charge in [0.2, 0.25) is 11.8 Å². The van der Waals surface area contributed by atoms with Crippen molar-refractivity contribution in [1.82, 2.24) is 15.1 Å². The Hall–Kier alpha value is -1.10. The van der Waals surface area contributed by atoms with Crippen molar-refractivity contribution in [3.63, 3.8) is 0 Å². The van der Waals surface area contributed by atoms with Gasteiger partial charge in [0.05, 0.1) is 5.41 Å². The van der Waals surface area contributed by atoms with Crippen LogP contribution >= 0.6 is 0 Å². The molecule has 114 valence electrons. The van der Waals surface area contributed by atoms with Gasteiger partial charge in [-0.3, -0.25) is 9.59 Å². The number of hydrogen-bond acceptors (Lipinski definition) is 3. The molecule has 0 aliphatic carbocycles. The molecule has 2 amide bonds. The van der Waals surface area contributed by atoms with Crippen LogP contribution in [-0.2, 0) is 9.59 Å². The molecule has 2 aliphatic heterocycles. The molecular weight excluding hydrogens is 254 g/mol.